The van der Waals surface area contributed by atoms with E-state index >= 15 is 0 Å². The number of rotatable bonds is 0. The molecular formula is C12H8F3NO2. The van der Waals surface area contributed by atoms with E-state index in [0.717, 1.165) is 0 Å². The van der Waals surface area contributed by atoms with E-state index in [-0.39, 0.29) is 12.2 Å². The van der Waals surface area contributed by atoms with Crippen LogP contribution in [0.3, 0.4) is 0 Å². The molecule has 0 amide bonds. The summed E-state index contributed by atoms with van der Waals surface area (Å²) in [4.78, 5) is 14.6. The average molecular weight is 255 g/mol. The number of halogens is 3. The van der Waals surface area contributed by atoms with Crippen LogP contribution < -0.4 is 5.43 Å². The zero-order valence-electron chi connectivity index (χ0n) is 9.15. The van der Waals surface area contributed by atoms with Crippen LogP contribution in [-0.2, 0) is 17.8 Å². The van der Waals surface area contributed by atoms with Crippen molar-refractivity contribution in [3.8, 4) is 0 Å². The molecule has 1 aromatic heterocycles. The summed E-state index contributed by atoms with van der Waals surface area (Å²) in [5, 5.41) is -0.460. The standard InChI is InChI=1S/C12H8F3NO2/c13-6-3-7(14)10(15)11-9(6)12(17)5-4-18-2-1-8(5)16-11/h3H,1-2,4H2,(H,16,17). The quantitative estimate of drug-likeness (QED) is 0.732. The summed E-state index contributed by atoms with van der Waals surface area (Å²) < 4.78 is 45.4. The molecule has 1 aliphatic heterocycles. The fraction of sp³-hybridized carbons (Fsp3) is 0.250. The molecule has 18 heavy (non-hydrogen) atoms. The number of benzene rings is 1. The molecule has 1 N–H and O–H groups in total. The monoisotopic (exact) mass is 255 g/mol. The van der Waals surface area contributed by atoms with Crippen LogP contribution in [0, 0.1) is 17.5 Å². The highest BCUT2D eigenvalue weighted by molar-refractivity contribution is 5.81. The molecule has 1 aliphatic rings. The van der Waals surface area contributed by atoms with E-state index in [2.05, 4.69) is 4.98 Å². The first-order valence-corrected chi connectivity index (χ1v) is 5.38. The van der Waals surface area contributed by atoms with Crippen molar-refractivity contribution in [1.82, 2.24) is 4.98 Å². The molecule has 0 atom stereocenters. The molecule has 94 valence electrons. The van der Waals surface area contributed by atoms with Gasteiger partial charge in [0.25, 0.3) is 0 Å². The van der Waals surface area contributed by atoms with Crippen molar-refractivity contribution < 1.29 is 17.9 Å². The van der Waals surface area contributed by atoms with Gasteiger partial charge in [-0.15, -0.1) is 0 Å². The van der Waals surface area contributed by atoms with Gasteiger partial charge >= 0.3 is 0 Å². The third kappa shape index (κ3) is 1.45. The van der Waals surface area contributed by atoms with Crippen molar-refractivity contribution in [1.29, 1.82) is 0 Å². The summed E-state index contributed by atoms with van der Waals surface area (Å²) in [6.45, 7) is 0.437. The first-order valence-electron chi connectivity index (χ1n) is 5.38. The predicted octanol–water partition coefficient (Wildman–Crippen LogP) is 2.02. The Bertz CT molecular complexity index is 709. The Kier molecular flexibility index (Phi) is 2.41. The molecule has 0 spiro atoms. The van der Waals surface area contributed by atoms with Gasteiger partial charge in [0.15, 0.2) is 17.1 Å². The van der Waals surface area contributed by atoms with E-state index in [4.69, 9.17) is 4.74 Å². The van der Waals surface area contributed by atoms with Crippen LogP contribution in [-0.4, -0.2) is 11.6 Å². The van der Waals surface area contributed by atoms with Crippen molar-refractivity contribution in [3.05, 3.63) is 45.0 Å². The Morgan fingerprint density at radius 2 is 2.00 bits per heavy atom. The molecule has 0 fully saturated rings. The molecule has 2 heterocycles. The summed E-state index contributed by atoms with van der Waals surface area (Å²) in [5.74, 6) is -3.63. The maximum absolute atomic E-state index is 13.6. The van der Waals surface area contributed by atoms with Crippen molar-refractivity contribution in [2.75, 3.05) is 6.61 Å². The van der Waals surface area contributed by atoms with Crippen LogP contribution in [0.1, 0.15) is 11.3 Å². The van der Waals surface area contributed by atoms with Crippen molar-refractivity contribution in [2.45, 2.75) is 13.0 Å². The summed E-state index contributed by atoms with van der Waals surface area (Å²) >= 11 is 0. The normalized spacial score (nSPS) is 14.8. The van der Waals surface area contributed by atoms with Crippen LogP contribution in [0.5, 0.6) is 0 Å². The second-order valence-electron chi connectivity index (χ2n) is 4.12. The Morgan fingerprint density at radius 1 is 1.22 bits per heavy atom. The summed E-state index contributed by atoms with van der Waals surface area (Å²) in [5.41, 5.74) is -0.311. The lowest BCUT2D eigenvalue weighted by Crippen LogP contribution is -2.23. The van der Waals surface area contributed by atoms with Gasteiger partial charge in [0.05, 0.1) is 24.1 Å². The van der Waals surface area contributed by atoms with Crippen molar-refractivity contribution >= 4 is 10.9 Å². The Balaban J connectivity index is 2.50. The number of aromatic nitrogens is 1. The molecule has 2 aromatic rings. The lowest BCUT2D eigenvalue weighted by Gasteiger charge is -2.17. The summed E-state index contributed by atoms with van der Waals surface area (Å²) in [7, 11) is 0. The van der Waals surface area contributed by atoms with Crippen LogP contribution in [0.4, 0.5) is 13.2 Å². The van der Waals surface area contributed by atoms with Gasteiger partial charge in [0.2, 0.25) is 0 Å². The second-order valence-corrected chi connectivity index (χ2v) is 4.12. The van der Waals surface area contributed by atoms with Gasteiger partial charge in [-0.05, 0) is 0 Å². The van der Waals surface area contributed by atoms with Gasteiger partial charge < -0.3 is 9.72 Å². The lowest BCUT2D eigenvalue weighted by atomic mass is 10.0. The molecule has 0 saturated carbocycles. The number of H-pyrrole nitrogens is 1. The van der Waals surface area contributed by atoms with E-state index in [0.29, 0.717) is 24.8 Å². The molecule has 3 nitrogen and oxygen atoms in total. The van der Waals surface area contributed by atoms with Gasteiger partial charge in [0.1, 0.15) is 5.82 Å². The molecular weight excluding hydrogens is 247 g/mol. The SMILES string of the molecule is O=c1c2c([nH]c3c(F)c(F)cc(F)c13)CCOC2. The highest BCUT2D eigenvalue weighted by atomic mass is 19.2. The predicted molar refractivity (Wildman–Crippen MR) is 57.8 cm³/mol. The average Bonchev–Trinajstić information content (AvgIpc) is 2.36. The first kappa shape index (κ1) is 11.3. The van der Waals surface area contributed by atoms with Gasteiger partial charge in [-0.2, -0.15) is 0 Å². The lowest BCUT2D eigenvalue weighted by molar-refractivity contribution is 0.108. The Morgan fingerprint density at radius 3 is 2.78 bits per heavy atom. The maximum atomic E-state index is 13.6. The van der Waals surface area contributed by atoms with E-state index in [1.165, 1.54) is 0 Å². The van der Waals surface area contributed by atoms with E-state index in [9.17, 15) is 18.0 Å². The molecule has 0 bridgehead atoms. The number of aromatic amines is 1. The van der Waals surface area contributed by atoms with Crippen LogP contribution in [0.2, 0.25) is 0 Å². The number of hydrogen-bond acceptors (Lipinski definition) is 2. The Labute approximate surface area is 99.2 Å². The fourth-order valence-corrected chi connectivity index (χ4v) is 2.16. The van der Waals surface area contributed by atoms with Crippen LogP contribution >= 0.6 is 0 Å². The second kappa shape index (κ2) is 3.84. The zero-order chi connectivity index (χ0) is 12.9. The minimum Gasteiger partial charge on any atom is -0.376 e. The van der Waals surface area contributed by atoms with Crippen LogP contribution in [0.25, 0.3) is 10.9 Å². The molecule has 0 aliphatic carbocycles. The van der Waals surface area contributed by atoms with E-state index in [1.54, 1.807) is 0 Å². The molecule has 3 rings (SSSR count). The topological polar surface area (TPSA) is 42.1 Å². The number of pyridine rings is 1. The highest BCUT2D eigenvalue weighted by Crippen LogP contribution is 2.22. The van der Waals surface area contributed by atoms with Gasteiger partial charge in [0, 0.05) is 23.7 Å². The number of nitrogens with one attached hydrogen (secondary N) is 1. The minimum atomic E-state index is -1.32. The number of ether oxygens (including phenoxy) is 1. The zero-order valence-corrected chi connectivity index (χ0v) is 9.15. The highest BCUT2D eigenvalue weighted by Gasteiger charge is 2.21. The molecule has 0 unspecified atom stereocenters. The number of fused-ring (bicyclic) bond motifs is 2. The third-order valence-electron chi connectivity index (χ3n) is 3.06. The largest absolute Gasteiger partial charge is 0.376 e. The fourth-order valence-electron chi connectivity index (χ4n) is 2.16. The maximum Gasteiger partial charge on any atom is 0.198 e. The molecule has 6 heteroatoms. The van der Waals surface area contributed by atoms with E-state index < -0.39 is 33.8 Å². The van der Waals surface area contributed by atoms with Gasteiger partial charge in [-0.25, -0.2) is 13.2 Å². The smallest absolute Gasteiger partial charge is 0.198 e. The summed E-state index contributed by atoms with van der Waals surface area (Å²) in [6, 6.07) is 0.378. The van der Waals surface area contributed by atoms with Crippen LogP contribution in [0.15, 0.2) is 10.9 Å². The van der Waals surface area contributed by atoms with Crippen molar-refractivity contribution in [3.63, 3.8) is 0 Å². The minimum absolute atomic E-state index is 0.0546. The third-order valence-corrected chi connectivity index (χ3v) is 3.06. The van der Waals surface area contributed by atoms with Gasteiger partial charge in [-0.1, -0.05) is 0 Å². The molecule has 1 aromatic carbocycles. The molecule has 0 radical (unpaired) electrons. The van der Waals surface area contributed by atoms with E-state index in [1.807, 2.05) is 0 Å². The Hall–Kier alpha value is -1.82. The molecule has 0 saturated heterocycles. The first-order chi connectivity index (χ1) is 8.59. The number of hydrogen-bond donors (Lipinski definition) is 1. The van der Waals surface area contributed by atoms with Crippen molar-refractivity contribution in [2.24, 2.45) is 0 Å². The summed E-state index contributed by atoms with van der Waals surface area (Å²) in [6.07, 6.45) is 0.387. The van der Waals surface area contributed by atoms with Gasteiger partial charge in [-0.3, -0.25) is 4.79 Å².